The molecule has 0 spiro atoms. The average molecular weight is 448 g/mol. The van der Waals surface area contributed by atoms with E-state index in [1.165, 1.54) is 6.20 Å². The predicted molar refractivity (Wildman–Crippen MR) is 115 cm³/mol. The SMILES string of the molecule is NC(=O)C#Cc1c[nH]c(=O)c2c1nc(NCc1ccccn1)c1ccc(Br)cc12. The van der Waals surface area contributed by atoms with E-state index in [1.807, 2.05) is 36.4 Å². The largest absolute Gasteiger partial charge is 0.364 e. The molecule has 8 heteroatoms. The van der Waals surface area contributed by atoms with Crippen molar-refractivity contribution in [3.05, 3.63) is 74.9 Å². The summed E-state index contributed by atoms with van der Waals surface area (Å²) in [6.45, 7) is 0.454. The number of hydrogen-bond donors (Lipinski definition) is 3. The number of H-pyrrole nitrogens is 1. The molecule has 7 nitrogen and oxygen atoms in total. The van der Waals surface area contributed by atoms with Crippen LogP contribution in [0.3, 0.4) is 0 Å². The maximum atomic E-state index is 12.6. The van der Waals surface area contributed by atoms with Crippen molar-refractivity contribution in [2.45, 2.75) is 6.54 Å². The van der Waals surface area contributed by atoms with Gasteiger partial charge in [0, 0.05) is 33.6 Å². The van der Waals surface area contributed by atoms with Gasteiger partial charge in [-0.3, -0.25) is 14.6 Å². The molecule has 0 aliphatic heterocycles. The van der Waals surface area contributed by atoms with E-state index in [0.717, 1.165) is 15.6 Å². The molecule has 4 N–H and O–H groups in total. The van der Waals surface area contributed by atoms with Gasteiger partial charge < -0.3 is 16.0 Å². The van der Waals surface area contributed by atoms with Crippen molar-refractivity contribution in [2.24, 2.45) is 5.73 Å². The first kappa shape index (κ1) is 18.7. The van der Waals surface area contributed by atoms with Crippen molar-refractivity contribution >= 4 is 49.3 Å². The zero-order valence-corrected chi connectivity index (χ0v) is 16.6. The Labute approximate surface area is 173 Å². The molecule has 29 heavy (non-hydrogen) atoms. The summed E-state index contributed by atoms with van der Waals surface area (Å²) in [7, 11) is 0. The normalized spacial score (nSPS) is 10.5. The van der Waals surface area contributed by atoms with Gasteiger partial charge >= 0.3 is 0 Å². The first-order valence-electron chi connectivity index (χ1n) is 8.63. The number of carbonyl (C=O) groups is 1. The molecule has 0 unspecified atom stereocenters. The number of pyridine rings is 3. The number of hydrogen-bond acceptors (Lipinski definition) is 5. The summed E-state index contributed by atoms with van der Waals surface area (Å²) >= 11 is 3.46. The Morgan fingerprint density at radius 3 is 2.86 bits per heavy atom. The van der Waals surface area contributed by atoms with Gasteiger partial charge in [0.1, 0.15) is 5.82 Å². The molecule has 0 saturated heterocycles. The molecule has 1 aromatic carbocycles. The van der Waals surface area contributed by atoms with E-state index in [2.05, 4.69) is 48.0 Å². The number of nitrogens with zero attached hydrogens (tertiary/aromatic N) is 2. The fourth-order valence-electron chi connectivity index (χ4n) is 3.02. The van der Waals surface area contributed by atoms with Gasteiger partial charge in [-0.25, -0.2) is 4.98 Å². The van der Waals surface area contributed by atoms with Gasteiger partial charge in [-0.2, -0.15) is 0 Å². The van der Waals surface area contributed by atoms with Gasteiger partial charge in [0.2, 0.25) is 0 Å². The van der Waals surface area contributed by atoms with Crippen LogP contribution < -0.4 is 16.6 Å². The van der Waals surface area contributed by atoms with Crippen LogP contribution in [0.1, 0.15) is 11.3 Å². The number of fused-ring (bicyclic) bond motifs is 3. The molecular weight excluding hydrogens is 434 g/mol. The quantitative estimate of drug-likeness (QED) is 0.330. The number of rotatable bonds is 3. The molecule has 0 radical (unpaired) electrons. The van der Waals surface area contributed by atoms with E-state index in [9.17, 15) is 9.59 Å². The molecule has 3 heterocycles. The van der Waals surface area contributed by atoms with Gasteiger partial charge in [-0.05, 0) is 30.3 Å². The number of anilines is 1. The van der Waals surface area contributed by atoms with Crippen LogP contribution >= 0.6 is 15.9 Å². The van der Waals surface area contributed by atoms with Gasteiger partial charge in [-0.15, -0.1) is 0 Å². The number of nitrogens with two attached hydrogens (primary N) is 1. The second kappa shape index (κ2) is 7.73. The number of aromatic amines is 1. The summed E-state index contributed by atoms with van der Waals surface area (Å²) in [5, 5.41) is 5.16. The molecule has 4 aromatic rings. The standard InChI is InChI=1S/C21H14BrN5O2/c22-13-5-6-15-16(9-13)18-19(12(4-7-17(23)28)10-26-21(18)29)27-20(15)25-11-14-3-1-2-8-24-14/h1-3,5-6,8-10H,11H2,(H2,23,28)(H,25,27)(H,26,29). The number of primary amides is 1. The van der Waals surface area contributed by atoms with E-state index >= 15 is 0 Å². The Kier molecular flexibility index (Phi) is 4.97. The van der Waals surface area contributed by atoms with Gasteiger partial charge in [0.05, 0.1) is 28.7 Å². The molecule has 3 aromatic heterocycles. The Morgan fingerprint density at radius 2 is 2.10 bits per heavy atom. The molecule has 0 aliphatic carbocycles. The molecule has 142 valence electrons. The van der Waals surface area contributed by atoms with Crippen LogP contribution in [0, 0.1) is 11.8 Å². The topological polar surface area (TPSA) is 114 Å². The van der Waals surface area contributed by atoms with Gasteiger partial charge in [0.15, 0.2) is 0 Å². The van der Waals surface area contributed by atoms with Gasteiger partial charge in [-0.1, -0.05) is 27.9 Å². The Morgan fingerprint density at radius 1 is 1.24 bits per heavy atom. The third-order valence-electron chi connectivity index (χ3n) is 4.28. The lowest BCUT2D eigenvalue weighted by Crippen LogP contribution is -2.11. The lowest BCUT2D eigenvalue weighted by atomic mass is 10.0. The van der Waals surface area contributed by atoms with Gasteiger partial charge in [0.25, 0.3) is 11.5 Å². The maximum Gasteiger partial charge on any atom is 0.293 e. The van der Waals surface area contributed by atoms with Crippen LogP contribution in [0.2, 0.25) is 0 Å². The highest BCUT2D eigenvalue weighted by atomic mass is 79.9. The zero-order chi connectivity index (χ0) is 20.4. The third kappa shape index (κ3) is 3.81. The molecule has 0 bridgehead atoms. The Balaban J connectivity index is 1.97. The predicted octanol–water partition coefficient (Wildman–Crippen LogP) is 2.68. The van der Waals surface area contributed by atoms with Crippen LogP contribution in [0.5, 0.6) is 0 Å². The minimum atomic E-state index is -0.763. The van der Waals surface area contributed by atoms with Crippen LogP contribution in [0.15, 0.2) is 58.1 Å². The minimum absolute atomic E-state index is 0.295. The summed E-state index contributed by atoms with van der Waals surface area (Å²) in [6.07, 6.45) is 3.15. The van der Waals surface area contributed by atoms with Crippen molar-refractivity contribution < 1.29 is 4.79 Å². The van der Waals surface area contributed by atoms with Crippen molar-refractivity contribution in [3.8, 4) is 11.8 Å². The number of halogens is 1. The minimum Gasteiger partial charge on any atom is -0.364 e. The Hall–Kier alpha value is -3.70. The van der Waals surface area contributed by atoms with Crippen LogP contribution in [-0.2, 0) is 11.3 Å². The van der Waals surface area contributed by atoms with E-state index < -0.39 is 5.91 Å². The summed E-state index contributed by atoms with van der Waals surface area (Å²) in [4.78, 5) is 35.3. The first-order chi connectivity index (χ1) is 14.0. The molecular formula is C21H14BrN5O2. The second-order valence-corrected chi connectivity index (χ2v) is 7.11. The number of benzene rings is 1. The van der Waals surface area contributed by atoms with Crippen LogP contribution in [0.4, 0.5) is 5.82 Å². The van der Waals surface area contributed by atoms with Crippen molar-refractivity contribution in [2.75, 3.05) is 5.32 Å². The fourth-order valence-corrected chi connectivity index (χ4v) is 3.39. The number of aromatic nitrogens is 3. The van der Waals surface area contributed by atoms with Crippen LogP contribution in [0.25, 0.3) is 21.7 Å². The van der Waals surface area contributed by atoms with E-state index in [0.29, 0.717) is 34.2 Å². The lowest BCUT2D eigenvalue weighted by Gasteiger charge is -2.12. The zero-order valence-electron chi connectivity index (χ0n) is 15.0. The molecule has 0 atom stereocenters. The van der Waals surface area contributed by atoms with Crippen LogP contribution in [-0.4, -0.2) is 20.9 Å². The summed E-state index contributed by atoms with van der Waals surface area (Å²) in [6, 6.07) is 11.3. The van der Waals surface area contributed by atoms with E-state index in [4.69, 9.17) is 5.73 Å². The summed E-state index contributed by atoms with van der Waals surface area (Å²) < 4.78 is 0.821. The summed E-state index contributed by atoms with van der Waals surface area (Å²) in [5.74, 6) is 4.80. The molecule has 1 amide bonds. The smallest absolute Gasteiger partial charge is 0.293 e. The fraction of sp³-hybridized carbons (Fsp3) is 0.0476. The van der Waals surface area contributed by atoms with E-state index in [1.54, 1.807) is 6.20 Å². The molecule has 0 fully saturated rings. The third-order valence-corrected chi connectivity index (χ3v) is 4.77. The highest BCUT2D eigenvalue weighted by molar-refractivity contribution is 9.10. The van der Waals surface area contributed by atoms with Crippen molar-refractivity contribution in [3.63, 3.8) is 0 Å². The Bertz CT molecular complexity index is 1370. The summed E-state index contributed by atoms with van der Waals surface area (Å²) in [5.41, 5.74) is 6.48. The highest BCUT2D eigenvalue weighted by Crippen LogP contribution is 2.31. The molecule has 0 aliphatic rings. The number of amides is 1. The molecule has 4 rings (SSSR count). The second-order valence-electron chi connectivity index (χ2n) is 6.19. The molecule has 0 saturated carbocycles. The first-order valence-corrected chi connectivity index (χ1v) is 9.42. The lowest BCUT2D eigenvalue weighted by molar-refractivity contribution is -0.112. The van der Waals surface area contributed by atoms with E-state index in [-0.39, 0.29) is 5.56 Å². The maximum absolute atomic E-state index is 12.6. The van der Waals surface area contributed by atoms with Crippen molar-refractivity contribution in [1.82, 2.24) is 15.0 Å². The number of carbonyl (C=O) groups excluding carboxylic acids is 1. The highest BCUT2D eigenvalue weighted by Gasteiger charge is 2.14. The van der Waals surface area contributed by atoms with Crippen molar-refractivity contribution in [1.29, 1.82) is 0 Å². The monoisotopic (exact) mass is 447 g/mol. The number of nitrogens with one attached hydrogen (secondary N) is 2. The average Bonchev–Trinajstić information content (AvgIpc) is 2.71.